The lowest BCUT2D eigenvalue weighted by Crippen LogP contribution is -2.50. The fourth-order valence-electron chi connectivity index (χ4n) is 6.56. The van der Waals surface area contributed by atoms with Crippen LogP contribution in [0.5, 0.6) is 0 Å². The highest BCUT2D eigenvalue weighted by molar-refractivity contribution is 6.37. The average Bonchev–Trinajstić information content (AvgIpc) is 3.34. The Morgan fingerprint density at radius 2 is 1.86 bits per heavy atom. The van der Waals surface area contributed by atoms with Crippen LogP contribution in [0.25, 0.3) is 22.6 Å². The molecule has 1 fully saturated rings. The van der Waals surface area contributed by atoms with Crippen LogP contribution in [0.3, 0.4) is 0 Å². The Kier molecular flexibility index (Phi) is 5.17. The summed E-state index contributed by atoms with van der Waals surface area (Å²) in [5, 5.41) is 1.74. The molecule has 186 valence electrons. The summed E-state index contributed by atoms with van der Waals surface area (Å²) < 4.78 is 4.04. The minimum absolute atomic E-state index is 0.00227. The molecule has 5 heterocycles. The Balaban J connectivity index is 1.23. The van der Waals surface area contributed by atoms with Crippen molar-refractivity contribution in [3.05, 3.63) is 99.1 Å². The van der Waals surface area contributed by atoms with E-state index in [-0.39, 0.29) is 11.5 Å². The van der Waals surface area contributed by atoms with E-state index in [1.54, 1.807) is 6.07 Å². The minimum atomic E-state index is -0.00227. The van der Waals surface area contributed by atoms with Gasteiger partial charge in [-0.3, -0.25) is 19.4 Å². The molecule has 7 heteroatoms. The van der Waals surface area contributed by atoms with Crippen LogP contribution < -0.4 is 10.5 Å². The zero-order chi connectivity index (χ0) is 25.3. The number of para-hydroxylation sites is 1. The van der Waals surface area contributed by atoms with Gasteiger partial charge in [0, 0.05) is 83.2 Å². The molecule has 0 N–H and O–H groups in total. The second kappa shape index (κ2) is 8.47. The fraction of sp³-hybridized carbons (Fsp3) is 0.267. The van der Waals surface area contributed by atoms with Gasteiger partial charge < -0.3 is 9.13 Å². The van der Waals surface area contributed by atoms with Gasteiger partial charge in [0.15, 0.2) is 0 Å². The van der Waals surface area contributed by atoms with Crippen LogP contribution in [-0.4, -0.2) is 39.7 Å². The topological polar surface area (TPSA) is 50.5 Å². The van der Waals surface area contributed by atoms with Gasteiger partial charge in [0.1, 0.15) is 0 Å². The first-order valence-corrected chi connectivity index (χ1v) is 13.1. The summed E-state index contributed by atoms with van der Waals surface area (Å²) in [7, 11) is 2.03. The highest BCUT2D eigenvalue weighted by Crippen LogP contribution is 2.41. The van der Waals surface area contributed by atoms with Gasteiger partial charge in [-0.25, -0.2) is 0 Å². The van der Waals surface area contributed by atoms with Crippen molar-refractivity contribution in [1.82, 2.24) is 14.0 Å². The Labute approximate surface area is 220 Å². The number of pyridine rings is 1. The molecule has 1 amide bonds. The SMILES string of the molecule is Cn1cc(/C=C2\C(=O)N(CN3C[C@H]4C[C@@H](C3)c3cccc(=O)n3C4)c3cc(Cl)ccc32)c2ccccc21. The van der Waals surface area contributed by atoms with E-state index in [2.05, 4.69) is 33.9 Å². The van der Waals surface area contributed by atoms with Crippen molar-refractivity contribution in [3.8, 4) is 0 Å². The molecule has 2 aromatic heterocycles. The van der Waals surface area contributed by atoms with E-state index < -0.39 is 0 Å². The number of anilines is 1. The summed E-state index contributed by atoms with van der Waals surface area (Å²) in [6, 6.07) is 19.5. The summed E-state index contributed by atoms with van der Waals surface area (Å²) in [6.45, 7) is 2.93. The lowest BCUT2D eigenvalue weighted by molar-refractivity contribution is -0.113. The number of aromatic nitrogens is 2. The molecule has 0 radical (unpaired) electrons. The Morgan fingerprint density at radius 1 is 1.00 bits per heavy atom. The number of amides is 1. The van der Waals surface area contributed by atoms with E-state index in [1.165, 1.54) is 0 Å². The lowest BCUT2D eigenvalue weighted by atomic mass is 9.83. The Morgan fingerprint density at radius 3 is 2.76 bits per heavy atom. The lowest BCUT2D eigenvalue weighted by Gasteiger charge is -2.43. The predicted octanol–water partition coefficient (Wildman–Crippen LogP) is 4.96. The molecule has 1 saturated heterocycles. The molecule has 4 aromatic rings. The standard InChI is InChI=1S/C30H27ClN4O2/c1-32-16-20(23-5-2-3-6-27(23)32)12-25-24-10-9-22(31)13-28(24)35(30(25)37)18-33-14-19-11-21(17-33)26-7-4-8-29(36)34(26)15-19/h2-10,12-13,16,19,21H,11,14-15,17-18H2,1H3/b25-12-/t19-,21+/m1/s1. The number of carbonyl (C=O) groups is 1. The van der Waals surface area contributed by atoms with Crippen molar-refractivity contribution in [3.63, 3.8) is 0 Å². The van der Waals surface area contributed by atoms with Crippen molar-refractivity contribution in [2.75, 3.05) is 24.7 Å². The van der Waals surface area contributed by atoms with Gasteiger partial charge in [0.2, 0.25) is 0 Å². The van der Waals surface area contributed by atoms with Crippen LogP contribution >= 0.6 is 11.6 Å². The number of carbonyl (C=O) groups excluding carboxylic acids is 1. The van der Waals surface area contributed by atoms with E-state index in [1.807, 2.05) is 59.0 Å². The van der Waals surface area contributed by atoms with Crippen molar-refractivity contribution in [2.45, 2.75) is 18.9 Å². The van der Waals surface area contributed by atoms with Crippen LogP contribution in [0.15, 0.2) is 71.7 Å². The summed E-state index contributed by atoms with van der Waals surface area (Å²) in [5.41, 5.74) is 5.82. The van der Waals surface area contributed by atoms with Gasteiger partial charge in [-0.2, -0.15) is 0 Å². The predicted molar refractivity (Wildman–Crippen MR) is 148 cm³/mol. The maximum Gasteiger partial charge on any atom is 0.260 e. The van der Waals surface area contributed by atoms with Crippen molar-refractivity contribution >= 4 is 45.7 Å². The fourth-order valence-corrected chi connectivity index (χ4v) is 6.73. The monoisotopic (exact) mass is 510 g/mol. The summed E-state index contributed by atoms with van der Waals surface area (Å²) in [6.07, 6.45) is 5.18. The summed E-state index contributed by atoms with van der Waals surface area (Å²) in [4.78, 5) is 30.6. The third-order valence-electron chi connectivity index (χ3n) is 8.14. The normalized spacial score (nSPS) is 22.1. The molecule has 7 rings (SSSR count). The highest BCUT2D eigenvalue weighted by atomic mass is 35.5. The summed E-state index contributed by atoms with van der Waals surface area (Å²) in [5.74, 6) is 0.690. The first-order valence-electron chi connectivity index (χ1n) is 12.8. The van der Waals surface area contributed by atoms with Gasteiger partial charge in [-0.15, -0.1) is 0 Å². The maximum atomic E-state index is 13.9. The number of aryl methyl sites for hydroxylation is 1. The van der Waals surface area contributed by atoms with Crippen LogP contribution in [0.4, 0.5) is 5.69 Å². The zero-order valence-corrected chi connectivity index (χ0v) is 21.4. The van der Waals surface area contributed by atoms with E-state index in [4.69, 9.17) is 11.6 Å². The van der Waals surface area contributed by atoms with Crippen molar-refractivity contribution < 1.29 is 4.79 Å². The van der Waals surface area contributed by atoms with E-state index in [0.29, 0.717) is 29.1 Å². The van der Waals surface area contributed by atoms with Crippen molar-refractivity contribution in [1.29, 1.82) is 0 Å². The molecule has 0 aliphatic carbocycles. The van der Waals surface area contributed by atoms with Crippen LogP contribution in [0, 0.1) is 5.92 Å². The number of halogens is 1. The molecule has 6 nitrogen and oxygen atoms in total. The van der Waals surface area contributed by atoms with Crippen LogP contribution in [0.1, 0.15) is 29.2 Å². The van der Waals surface area contributed by atoms with E-state index >= 15 is 0 Å². The first-order chi connectivity index (χ1) is 18.0. The third kappa shape index (κ3) is 3.66. The molecular weight excluding hydrogens is 484 g/mol. The number of benzene rings is 2. The minimum Gasteiger partial charge on any atom is -0.350 e. The molecule has 2 bridgehead atoms. The Bertz CT molecular complexity index is 1670. The van der Waals surface area contributed by atoms with Crippen LogP contribution in [0.2, 0.25) is 5.02 Å². The number of hydrogen-bond donors (Lipinski definition) is 0. The number of piperidine rings is 1. The zero-order valence-electron chi connectivity index (χ0n) is 20.6. The van der Waals surface area contributed by atoms with Gasteiger partial charge in [0.05, 0.1) is 12.4 Å². The molecule has 0 spiro atoms. The number of rotatable bonds is 3. The molecular formula is C30H27ClN4O2. The maximum absolute atomic E-state index is 13.9. The molecule has 3 aliphatic heterocycles. The van der Waals surface area contributed by atoms with Crippen molar-refractivity contribution in [2.24, 2.45) is 13.0 Å². The van der Waals surface area contributed by atoms with Gasteiger partial charge in [-0.05, 0) is 42.7 Å². The number of hydrogen-bond acceptors (Lipinski definition) is 3. The molecule has 3 aliphatic rings. The third-order valence-corrected chi connectivity index (χ3v) is 8.38. The number of likely N-dealkylation sites (tertiary alicyclic amines) is 1. The van der Waals surface area contributed by atoms with E-state index in [0.717, 1.165) is 59.5 Å². The molecule has 0 unspecified atom stereocenters. The average molecular weight is 511 g/mol. The van der Waals surface area contributed by atoms with Crippen LogP contribution in [-0.2, 0) is 18.4 Å². The van der Waals surface area contributed by atoms with E-state index in [9.17, 15) is 9.59 Å². The molecule has 2 aromatic carbocycles. The quantitative estimate of drug-likeness (QED) is 0.366. The first kappa shape index (κ1) is 22.6. The number of fused-ring (bicyclic) bond motifs is 6. The Hall–Kier alpha value is -3.61. The van der Waals surface area contributed by atoms with Gasteiger partial charge >= 0.3 is 0 Å². The van der Waals surface area contributed by atoms with Gasteiger partial charge in [0.25, 0.3) is 11.5 Å². The smallest absolute Gasteiger partial charge is 0.260 e. The highest BCUT2D eigenvalue weighted by Gasteiger charge is 2.38. The largest absolute Gasteiger partial charge is 0.350 e. The second-order valence-electron chi connectivity index (χ2n) is 10.5. The molecule has 0 saturated carbocycles. The summed E-state index contributed by atoms with van der Waals surface area (Å²) >= 11 is 6.41. The number of nitrogens with zero attached hydrogens (tertiary/aromatic N) is 4. The molecule has 37 heavy (non-hydrogen) atoms. The molecule has 2 atom stereocenters. The van der Waals surface area contributed by atoms with Gasteiger partial charge in [-0.1, -0.05) is 41.9 Å². The second-order valence-corrected chi connectivity index (χ2v) is 11.0.